The van der Waals surface area contributed by atoms with Crippen molar-refractivity contribution < 1.29 is 4.42 Å². The zero-order chi connectivity index (χ0) is 40.3. The van der Waals surface area contributed by atoms with Gasteiger partial charge in [0, 0.05) is 47.8 Å². The molecule has 5 nitrogen and oxygen atoms in total. The molecule has 1 unspecified atom stereocenters. The van der Waals surface area contributed by atoms with E-state index in [-0.39, 0.29) is 0 Å². The molecule has 4 aromatic heterocycles. The van der Waals surface area contributed by atoms with Gasteiger partial charge in [-0.2, -0.15) is 9.97 Å². The second-order valence-corrected chi connectivity index (χ2v) is 16.4. The molecular weight excluding hydrogens is 753 g/mol. The van der Waals surface area contributed by atoms with Crippen molar-refractivity contribution >= 4 is 71.2 Å². The van der Waals surface area contributed by atoms with Gasteiger partial charge >= 0.3 is 0 Å². The largest absolute Gasteiger partial charge is 0.456 e. The number of furan rings is 1. The Labute approximate surface area is 352 Å². The Hall–Kier alpha value is -7.15. The normalized spacial score (nSPS) is 13.6. The topological polar surface area (TPSA) is 56.7 Å². The lowest BCUT2D eigenvalue weighted by Crippen LogP contribution is -2.07. The maximum atomic E-state index is 6.31. The van der Waals surface area contributed by atoms with Crippen LogP contribution < -0.4 is 0 Å². The molecule has 0 saturated carbocycles. The standard InChI is InChI=1S/C52H34N4OS.C2H6/c1-31-18-25-41-42-27-23-35(30-48(42)58-47(41)28-31)32-19-21-33(22-20-32)37-14-9-15-43-38-12-5-7-16-44(38)56(49(37)43)52-54-50(34-10-3-2-4-11-34)53-51(55-52)36-24-26-40-39-13-6-8-17-45(39)57-46(40)29-36;1-2/h2-27,29-31H,28H2,1H3;1-2H3. The quantitative estimate of drug-likeness (QED) is 0.174. The summed E-state index contributed by atoms with van der Waals surface area (Å²) in [5.74, 6) is 2.33. The van der Waals surface area contributed by atoms with Crippen molar-refractivity contribution in [3.63, 3.8) is 0 Å². The number of para-hydroxylation sites is 3. The molecule has 11 aromatic rings. The number of nitrogens with zero attached hydrogens (tertiary/aromatic N) is 4. The van der Waals surface area contributed by atoms with Crippen LogP contribution in [0.15, 0.2) is 168 Å². The monoisotopic (exact) mass is 792 g/mol. The third-order valence-corrected chi connectivity index (χ3v) is 12.8. The van der Waals surface area contributed by atoms with Crippen LogP contribution in [-0.2, 0) is 6.42 Å². The van der Waals surface area contributed by atoms with Crippen molar-refractivity contribution in [2.75, 3.05) is 0 Å². The Morgan fingerprint density at radius 1 is 0.550 bits per heavy atom. The van der Waals surface area contributed by atoms with Crippen LogP contribution in [0.3, 0.4) is 0 Å². The van der Waals surface area contributed by atoms with Crippen molar-refractivity contribution in [1.29, 1.82) is 0 Å². The molecule has 0 fully saturated rings. The predicted molar refractivity (Wildman–Crippen MR) is 252 cm³/mol. The summed E-state index contributed by atoms with van der Waals surface area (Å²) in [6, 6.07) is 55.5. The average Bonchev–Trinajstić information content (AvgIpc) is 3.98. The van der Waals surface area contributed by atoms with Gasteiger partial charge in [0.25, 0.3) is 0 Å². The first-order valence-corrected chi connectivity index (χ1v) is 21.5. The Morgan fingerprint density at radius 2 is 1.22 bits per heavy atom. The molecular formula is C54H40N4OS. The van der Waals surface area contributed by atoms with E-state index < -0.39 is 0 Å². The van der Waals surface area contributed by atoms with Gasteiger partial charge in [0.2, 0.25) is 5.95 Å². The molecule has 288 valence electrons. The third-order valence-electron chi connectivity index (χ3n) is 11.6. The van der Waals surface area contributed by atoms with E-state index in [2.05, 4.69) is 127 Å². The fraction of sp³-hybridized carbons (Fsp3) is 0.0926. The Kier molecular flexibility index (Phi) is 8.75. The minimum Gasteiger partial charge on any atom is -0.456 e. The average molecular weight is 793 g/mol. The molecule has 1 atom stereocenters. The molecule has 0 spiro atoms. The molecule has 12 rings (SSSR count). The van der Waals surface area contributed by atoms with Gasteiger partial charge in [-0.25, -0.2) is 4.98 Å². The highest BCUT2D eigenvalue weighted by Gasteiger charge is 2.22. The molecule has 4 heterocycles. The van der Waals surface area contributed by atoms with Crippen molar-refractivity contribution in [2.24, 2.45) is 5.92 Å². The van der Waals surface area contributed by atoms with Crippen molar-refractivity contribution in [1.82, 2.24) is 19.5 Å². The van der Waals surface area contributed by atoms with Crippen LogP contribution in [-0.4, -0.2) is 19.5 Å². The summed E-state index contributed by atoms with van der Waals surface area (Å²) in [6.45, 7) is 6.30. The van der Waals surface area contributed by atoms with Gasteiger partial charge in [0.05, 0.1) is 11.0 Å². The summed E-state index contributed by atoms with van der Waals surface area (Å²) in [5, 5.41) is 5.78. The second-order valence-electron chi connectivity index (χ2n) is 15.3. The summed E-state index contributed by atoms with van der Waals surface area (Å²) in [6.07, 6.45) is 5.78. The van der Waals surface area contributed by atoms with Gasteiger partial charge in [0.15, 0.2) is 11.6 Å². The number of hydrogen-bond donors (Lipinski definition) is 0. The molecule has 0 radical (unpaired) electrons. The summed E-state index contributed by atoms with van der Waals surface area (Å²) in [5.41, 5.74) is 11.6. The molecule has 7 aromatic carbocycles. The van der Waals surface area contributed by atoms with E-state index >= 15 is 0 Å². The number of aromatic nitrogens is 4. The van der Waals surface area contributed by atoms with E-state index in [1.807, 2.05) is 79.8 Å². The van der Waals surface area contributed by atoms with Gasteiger partial charge in [-0.1, -0.05) is 160 Å². The van der Waals surface area contributed by atoms with Crippen LogP contribution in [0, 0.1) is 5.92 Å². The van der Waals surface area contributed by atoms with Crippen LogP contribution in [0.2, 0.25) is 0 Å². The summed E-state index contributed by atoms with van der Waals surface area (Å²) in [7, 11) is 0. The van der Waals surface area contributed by atoms with Gasteiger partial charge in [-0.05, 0) is 70.3 Å². The Balaban J connectivity index is 0.00000201. The van der Waals surface area contributed by atoms with Crippen LogP contribution in [0.4, 0.5) is 0 Å². The number of hydrogen-bond acceptors (Lipinski definition) is 5. The maximum absolute atomic E-state index is 6.31. The first-order valence-electron chi connectivity index (χ1n) is 20.7. The van der Waals surface area contributed by atoms with Crippen LogP contribution in [0.5, 0.6) is 0 Å². The van der Waals surface area contributed by atoms with Crippen LogP contribution in [0.1, 0.15) is 31.2 Å². The van der Waals surface area contributed by atoms with Crippen molar-refractivity contribution in [3.05, 3.63) is 174 Å². The lowest BCUT2D eigenvalue weighted by Gasteiger charge is -2.13. The van der Waals surface area contributed by atoms with E-state index in [4.69, 9.17) is 19.4 Å². The first kappa shape index (κ1) is 36.0. The highest BCUT2D eigenvalue weighted by Crippen LogP contribution is 2.41. The molecule has 6 heteroatoms. The van der Waals surface area contributed by atoms with E-state index in [1.165, 1.54) is 31.7 Å². The molecule has 0 bridgehead atoms. The SMILES string of the molecule is CC.CC1C=Cc2c(sc3cc(-c4ccc(-c5cccc6c7ccccc7n(-c7nc(-c8ccccc8)nc(-c8ccc9c(c8)oc8ccccc89)n7)c56)cc4)ccc23)C1. The van der Waals surface area contributed by atoms with Gasteiger partial charge in [-0.3, -0.25) is 4.57 Å². The number of allylic oxidation sites excluding steroid dienone is 1. The molecule has 0 saturated heterocycles. The Morgan fingerprint density at radius 3 is 2.07 bits per heavy atom. The van der Waals surface area contributed by atoms with Crippen LogP contribution >= 0.6 is 11.3 Å². The van der Waals surface area contributed by atoms with E-state index in [0.717, 1.165) is 72.4 Å². The number of thiophene rings is 1. The summed E-state index contributed by atoms with van der Waals surface area (Å²) >= 11 is 1.94. The minimum absolute atomic E-state index is 0.556. The molecule has 0 amide bonds. The first-order chi connectivity index (χ1) is 29.6. The number of fused-ring (bicyclic) bond motifs is 9. The van der Waals surface area contributed by atoms with E-state index in [0.29, 0.717) is 23.5 Å². The van der Waals surface area contributed by atoms with E-state index in [1.54, 1.807) is 0 Å². The molecule has 60 heavy (non-hydrogen) atoms. The summed E-state index contributed by atoms with van der Waals surface area (Å²) < 4.78 is 9.88. The third kappa shape index (κ3) is 5.94. The zero-order valence-electron chi connectivity index (χ0n) is 33.6. The minimum atomic E-state index is 0.556. The molecule has 0 aliphatic heterocycles. The number of rotatable bonds is 5. The van der Waals surface area contributed by atoms with Crippen LogP contribution in [0.25, 0.3) is 111 Å². The van der Waals surface area contributed by atoms with Crippen molar-refractivity contribution in [2.45, 2.75) is 27.2 Å². The lowest BCUT2D eigenvalue weighted by atomic mass is 9.94. The Bertz CT molecular complexity index is 3450. The highest BCUT2D eigenvalue weighted by molar-refractivity contribution is 7.19. The fourth-order valence-corrected chi connectivity index (χ4v) is 10.2. The maximum Gasteiger partial charge on any atom is 0.238 e. The predicted octanol–water partition coefficient (Wildman–Crippen LogP) is 15.0. The zero-order valence-corrected chi connectivity index (χ0v) is 34.4. The smallest absolute Gasteiger partial charge is 0.238 e. The van der Waals surface area contributed by atoms with Gasteiger partial charge < -0.3 is 4.42 Å². The van der Waals surface area contributed by atoms with Gasteiger partial charge in [0.1, 0.15) is 11.2 Å². The highest BCUT2D eigenvalue weighted by atomic mass is 32.1. The lowest BCUT2D eigenvalue weighted by molar-refractivity contribution is 0.669. The second kappa shape index (κ2) is 14.6. The van der Waals surface area contributed by atoms with E-state index in [9.17, 15) is 0 Å². The van der Waals surface area contributed by atoms with Crippen molar-refractivity contribution in [3.8, 4) is 51.0 Å². The molecule has 1 aliphatic rings. The molecule has 1 aliphatic carbocycles. The fourth-order valence-electron chi connectivity index (χ4n) is 8.78. The van der Waals surface area contributed by atoms with Gasteiger partial charge in [-0.15, -0.1) is 11.3 Å². The summed E-state index contributed by atoms with van der Waals surface area (Å²) in [4.78, 5) is 17.1. The molecule has 0 N–H and O–H groups in total. The number of benzene rings is 7.